The summed E-state index contributed by atoms with van der Waals surface area (Å²) in [4.78, 5) is 43.9. The fraction of sp³-hybridized carbons (Fsp3) is 0.553. The zero-order chi connectivity index (χ0) is 30.8. The first kappa shape index (κ1) is 28.6. The number of carbonyl (C=O) groups excluding carboxylic acids is 3. The number of nitrogens with one attached hydrogen (secondary N) is 1. The minimum atomic E-state index is -1.07. The van der Waals surface area contributed by atoms with E-state index in [0.29, 0.717) is 5.92 Å². The van der Waals surface area contributed by atoms with E-state index in [9.17, 15) is 14.4 Å². The van der Waals surface area contributed by atoms with Gasteiger partial charge in [0.2, 0.25) is 11.6 Å². The van der Waals surface area contributed by atoms with Crippen LogP contribution in [0.5, 0.6) is 0 Å². The predicted molar refractivity (Wildman–Crippen MR) is 168 cm³/mol. The molecule has 43 heavy (non-hydrogen) atoms. The molecule has 0 saturated heterocycles. The van der Waals surface area contributed by atoms with Gasteiger partial charge in [-0.05, 0) is 110 Å². The van der Waals surface area contributed by atoms with Gasteiger partial charge < -0.3 is 9.72 Å². The molecule has 5 nitrogen and oxygen atoms in total. The number of methoxy groups -OCH3 is 1. The van der Waals surface area contributed by atoms with Gasteiger partial charge in [-0.1, -0.05) is 63.6 Å². The molecule has 0 radical (unpaired) electrons. The summed E-state index contributed by atoms with van der Waals surface area (Å²) in [6.07, 6.45) is 15.0. The maximum Gasteiger partial charge on any atom is 0.311 e. The van der Waals surface area contributed by atoms with Gasteiger partial charge in [0.25, 0.3) is 0 Å². The fourth-order valence-electron chi connectivity index (χ4n) is 10.8. The van der Waals surface area contributed by atoms with Crippen molar-refractivity contribution in [2.45, 2.75) is 91.9 Å². The molecule has 2 aromatic rings. The number of hydrogen-bond donors (Lipinski definition) is 1. The number of esters is 1. The highest BCUT2D eigenvalue weighted by Gasteiger charge is 2.68. The summed E-state index contributed by atoms with van der Waals surface area (Å²) in [6, 6.07) is 8.01. The number of fused-ring (bicyclic) bond motifs is 8. The van der Waals surface area contributed by atoms with E-state index >= 15 is 0 Å². The van der Waals surface area contributed by atoms with Crippen LogP contribution in [0.25, 0.3) is 10.9 Å². The van der Waals surface area contributed by atoms with Crippen LogP contribution in [0.15, 0.2) is 65.4 Å². The standard InChI is InChI=1S/C38H45NO4/c1-33-14-15-34(2,32(42)43-7)21-30(33)37(5)19-17-35(3)25-20-28(40)31(41)38(6,26-22-39-27-11-9-8-10-23(26)27)24(25)12-13-29(35)36(37,4)18-16-33/h8-13,20,22,30,39H,14-19,21H2,1-7H3/t30-,33-,34-,35+,36-,37+,38?/m1/s1. The van der Waals surface area contributed by atoms with Gasteiger partial charge in [-0.15, -0.1) is 0 Å². The van der Waals surface area contributed by atoms with Gasteiger partial charge in [0.05, 0.1) is 17.9 Å². The van der Waals surface area contributed by atoms with Gasteiger partial charge in [-0.3, -0.25) is 14.4 Å². The average Bonchev–Trinajstić information content (AvgIpc) is 3.43. The summed E-state index contributed by atoms with van der Waals surface area (Å²) >= 11 is 0. The molecule has 1 unspecified atom stereocenters. The van der Waals surface area contributed by atoms with E-state index in [1.54, 1.807) is 6.08 Å². The number of H-pyrrole nitrogens is 1. The van der Waals surface area contributed by atoms with Crippen molar-refractivity contribution in [2.75, 3.05) is 7.11 Å². The number of allylic oxidation sites excluding steroid dienone is 6. The molecule has 0 bridgehead atoms. The van der Waals surface area contributed by atoms with Crippen molar-refractivity contribution in [3.63, 3.8) is 0 Å². The zero-order valence-electron chi connectivity index (χ0n) is 26.8. The van der Waals surface area contributed by atoms with E-state index in [1.807, 2.05) is 37.4 Å². The van der Waals surface area contributed by atoms with Crippen LogP contribution in [0.3, 0.4) is 0 Å². The number of Topliss-reactive ketones (excluding diaryl/α,β-unsaturated/α-hetero) is 1. The molecule has 7 atom stereocenters. The second kappa shape index (κ2) is 8.70. The van der Waals surface area contributed by atoms with Crippen molar-refractivity contribution >= 4 is 28.4 Å². The number of ketones is 2. The average molecular weight is 580 g/mol. The normalized spacial score (nSPS) is 42.1. The highest BCUT2D eigenvalue weighted by Crippen LogP contribution is 2.75. The van der Waals surface area contributed by atoms with Crippen LogP contribution in [0.1, 0.15) is 92.1 Å². The van der Waals surface area contributed by atoms with Gasteiger partial charge in [0.1, 0.15) is 0 Å². The third-order valence-electron chi connectivity index (χ3n) is 13.9. The molecule has 7 rings (SSSR count). The molecule has 3 saturated carbocycles. The molecule has 1 aromatic carbocycles. The molecule has 1 N–H and O–H groups in total. The lowest BCUT2D eigenvalue weighted by Gasteiger charge is -2.70. The maximum absolute atomic E-state index is 13.9. The summed E-state index contributed by atoms with van der Waals surface area (Å²) < 4.78 is 5.33. The van der Waals surface area contributed by atoms with Gasteiger partial charge in [0, 0.05) is 22.5 Å². The number of aromatic amines is 1. The maximum atomic E-state index is 13.9. The van der Waals surface area contributed by atoms with Crippen molar-refractivity contribution in [3.8, 4) is 0 Å². The van der Waals surface area contributed by atoms with Crippen LogP contribution >= 0.6 is 0 Å². The molecule has 0 amide bonds. The highest BCUT2D eigenvalue weighted by molar-refractivity contribution is 6.47. The molecule has 0 aliphatic heterocycles. The second-order valence-electron chi connectivity index (χ2n) is 15.8. The molecule has 5 aliphatic carbocycles. The van der Waals surface area contributed by atoms with Crippen LogP contribution in [0.2, 0.25) is 0 Å². The quantitative estimate of drug-likeness (QED) is 0.289. The van der Waals surface area contributed by atoms with E-state index in [-0.39, 0.29) is 33.4 Å². The van der Waals surface area contributed by atoms with Crippen molar-refractivity contribution in [1.82, 2.24) is 4.98 Å². The Morgan fingerprint density at radius 1 is 0.884 bits per heavy atom. The number of hydrogen-bond acceptors (Lipinski definition) is 4. The van der Waals surface area contributed by atoms with E-state index in [0.717, 1.165) is 72.6 Å². The molecule has 1 heterocycles. The lowest BCUT2D eigenvalue weighted by atomic mass is 9.34. The topological polar surface area (TPSA) is 76.2 Å². The molecular weight excluding hydrogens is 534 g/mol. The number of para-hydroxylation sites is 1. The van der Waals surface area contributed by atoms with E-state index in [2.05, 4.69) is 51.8 Å². The van der Waals surface area contributed by atoms with Crippen LogP contribution in [0.4, 0.5) is 0 Å². The SMILES string of the molecule is COC(=O)[C@]1(C)CC[C@]2(C)CC[C@]3(C)C4=CC=C5C(=CC(=O)C(=O)C5(C)c5c[nH]c6ccccc56)[C@]4(C)CC[C@@]3(C)[C@@H]2C1. The molecule has 5 heteroatoms. The Morgan fingerprint density at radius 2 is 1.60 bits per heavy atom. The van der Waals surface area contributed by atoms with E-state index in [4.69, 9.17) is 4.74 Å². The first-order chi connectivity index (χ1) is 20.2. The fourth-order valence-corrected chi connectivity index (χ4v) is 10.8. The number of ether oxygens (including phenoxy) is 1. The Hall–Kier alpha value is -3.21. The highest BCUT2D eigenvalue weighted by atomic mass is 16.5. The van der Waals surface area contributed by atoms with Crippen molar-refractivity contribution in [3.05, 3.63) is 71.0 Å². The van der Waals surface area contributed by atoms with Crippen molar-refractivity contribution in [2.24, 2.45) is 33.0 Å². The number of benzene rings is 1. The van der Waals surface area contributed by atoms with Crippen LogP contribution in [-0.4, -0.2) is 29.6 Å². The zero-order valence-corrected chi connectivity index (χ0v) is 26.8. The third-order valence-corrected chi connectivity index (χ3v) is 13.9. The lowest BCUT2D eigenvalue weighted by Crippen LogP contribution is -2.62. The van der Waals surface area contributed by atoms with Gasteiger partial charge in [-0.2, -0.15) is 0 Å². The molecule has 226 valence electrons. The Labute approximate surface area is 255 Å². The molecule has 3 fully saturated rings. The van der Waals surface area contributed by atoms with Crippen LogP contribution < -0.4 is 0 Å². The van der Waals surface area contributed by atoms with E-state index < -0.39 is 16.6 Å². The van der Waals surface area contributed by atoms with E-state index in [1.165, 1.54) is 12.7 Å². The Balaban J connectivity index is 1.38. The second-order valence-corrected chi connectivity index (χ2v) is 15.8. The largest absolute Gasteiger partial charge is 0.469 e. The van der Waals surface area contributed by atoms with Gasteiger partial charge in [0.15, 0.2) is 0 Å². The third kappa shape index (κ3) is 3.37. The number of carbonyl (C=O) groups is 3. The monoisotopic (exact) mass is 579 g/mol. The Morgan fingerprint density at radius 3 is 2.35 bits per heavy atom. The first-order valence-corrected chi connectivity index (χ1v) is 16.1. The minimum Gasteiger partial charge on any atom is -0.469 e. The molecule has 0 spiro atoms. The summed E-state index contributed by atoms with van der Waals surface area (Å²) in [5.41, 5.74) is 3.37. The summed E-state index contributed by atoms with van der Waals surface area (Å²) in [5, 5.41) is 0.980. The molecule has 5 aliphatic rings. The summed E-state index contributed by atoms with van der Waals surface area (Å²) in [7, 11) is 1.52. The molecular formula is C38H45NO4. The molecule has 1 aromatic heterocycles. The van der Waals surface area contributed by atoms with Crippen molar-refractivity contribution < 1.29 is 19.1 Å². The Kier molecular flexibility index (Phi) is 5.78. The van der Waals surface area contributed by atoms with Gasteiger partial charge in [-0.25, -0.2) is 0 Å². The van der Waals surface area contributed by atoms with Gasteiger partial charge >= 0.3 is 5.97 Å². The van der Waals surface area contributed by atoms with Crippen LogP contribution in [0, 0.1) is 33.0 Å². The summed E-state index contributed by atoms with van der Waals surface area (Å²) in [6.45, 7) is 13.8. The lowest BCUT2D eigenvalue weighted by molar-refractivity contribution is -0.180. The predicted octanol–water partition coefficient (Wildman–Crippen LogP) is 7.96. The van der Waals surface area contributed by atoms with Crippen LogP contribution in [-0.2, 0) is 24.5 Å². The first-order valence-electron chi connectivity index (χ1n) is 16.1. The smallest absolute Gasteiger partial charge is 0.311 e. The minimum absolute atomic E-state index is 0.0123. The summed E-state index contributed by atoms with van der Waals surface area (Å²) in [5.74, 6) is -0.467. The number of aromatic nitrogens is 1. The van der Waals surface area contributed by atoms with Crippen molar-refractivity contribution in [1.29, 1.82) is 0 Å². The number of rotatable bonds is 2. The Bertz CT molecular complexity index is 1710.